The average Bonchev–Trinajstić information content (AvgIpc) is 2.85. The van der Waals surface area contributed by atoms with E-state index >= 15 is 0 Å². The Labute approximate surface area is 187 Å². The van der Waals surface area contributed by atoms with Gasteiger partial charge < -0.3 is 4.74 Å². The molecule has 0 radical (unpaired) electrons. The number of hydrogen-bond acceptors (Lipinski definition) is 3. The van der Waals surface area contributed by atoms with Crippen LogP contribution in [0, 0.1) is 0 Å². The third kappa shape index (κ3) is 5.43. The molecule has 1 fully saturated rings. The van der Waals surface area contributed by atoms with E-state index in [-0.39, 0.29) is 12.3 Å². The summed E-state index contributed by atoms with van der Waals surface area (Å²) in [7, 11) is 0. The van der Waals surface area contributed by atoms with Gasteiger partial charge >= 0.3 is 0 Å². The number of ether oxygens (including phenoxy) is 1. The first kappa shape index (κ1) is 21.8. The molecule has 0 aliphatic carbocycles. The van der Waals surface area contributed by atoms with Gasteiger partial charge in [-0.2, -0.15) is 0 Å². The molecule has 0 N–H and O–H groups in total. The van der Waals surface area contributed by atoms with Crippen molar-refractivity contribution < 1.29 is 4.74 Å². The SMILES string of the molecule is CCC(c1ccccc1)N1CCN(C(C)OC(c2ccccc2)c2ccccc2)CC1. The Balaban J connectivity index is 1.41. The van der Waals surface area contributed by atoms with Gasteiger partial charge in [-0.15, -0.1) is 0 Å². The fourth-order valence-corrected chi connectivity index (χ4v) is 4.68. The zero-order valence-electron chi connectivity index (χ0n) is 18.7. The molecule has 1 heterocycles. The Morgan fingerprint density at radius 1 is 0.645 bits per heavy atom. The average molecular weight is 415 g/mol. The third-order valence-corrected chi connectivity index (χ3v) is 6.41. The molecule has 31 heavy (non-hydrogen) atoms. The lowest BCUT2D eigenvalue weighted by molar-refractivity contribution is -0.0939. The predicted molar refractivity (Wildman–Crippen MR) is 128 cm³/mol. The van der Waals surface area contributed by atoms with E-state index in [0.29, 0.717) is 6.04 Å². The van der Waals surface area contributed by atoms with Crippen LogP contribution in [0.2, 0.25) is 0 Å². The number of benzene rings is 3. The Kier molecular flexibility index (Phi) is 7.52. The summed E-state index contributed by atoms with van der Waals surface area (Å²) < 4.78 is 6.68. The lowest BCUT2D eigenvalue weighted by Crippen LogP contribution is -2.51. The summed E-state index contributed by atoms with van der Waals surface area (Å²) in [6, 6.07) is 32.5. The number of nitrogens with zero attached hydrogens (tertiary/aromatic N) is 2. The minimum absolute atomic E-state index is 0.0526. The van der Waals surface area contributed by atoms with E-state index in [0.717, 1.165) is 32.6 Å². The minimum atomic E-state index is -0.0526. The van der Waals surface area contributed by atoms with Crippen molar-refractivity contribution in [1.82, 2.24) is 9.80 Å². The van der Waals surface area contributed by atoms with Crippen molar-refractivity contribution in [2.24, 2.45) is 0 Å². The van der Waals surface area contributed by atoms with E-state index in [2.05, 4.69) is 115 Å². The van der Waals surface area contributed by atoms with Gasteiger partial charge in [0, 0.05) is 32.2 Å². The van der Waals surface area contributed by atoms with Gasteiger partial charge in [0.1, 0.15) is 12.3 Å². The van der Waals surface area contributed by atoms with E-state index in [1.54, 1.807) is 0 Å². The molecule has 1 saturated heterocycles. The maximum absolute atomic E-state index is 6.68. The van der Waals surface area contributed by atoms with Crippen molar-refractivity contribution >= 4 is 0 Å². The topological polar surface area (TPSA) is 15.7 Å². The van der Waals surface area contributed by atoms with Crippen LogP contribution in [-0.2, 0) is 4.74 Å². The highest BCUT2D eigenvalue weighted by atomic mass is 16.5. The predicted octanol–water partition coefficient (Wildman–Crippen LogP) is 5.91. The molecule has 3 aromatic rings. The lowest BCUT2D eigenvalue weighted by atomic mass is 10.0. The highest BCUT2D eigenvalue weighted by molar-refractivity contribution is 5.30. The molecule has 2 atom stereocenters. The van der Waals surface area contributed by atoms with Crippen LogP contribution in [-0.4, -0.2) is 42.2 Å². The maximum atomic E-state index is 6.68. The van der Waals surface area contributed by atoms with Crippen molar-refractivity contribution in [3.63, 3.8) is 0 Å². The van der Waals surface area contributed by atoms with Crippen LogP contribution >= 0.6 is 0 Å². The first-order valence-electron chi connectivity index (χ1n) is 11.5. The van der Waals surface area contributed by atoms with Crippen molar-refractivity contribution in [2.75, 3.05) is 26.2 Å². The molecule has 1 aliphatic heterocycles. The summed E-state index contributed by atoms with van der Waals surface area (Å²) in [5.41, 5.74) is 3.83. The molecule has 0 amide bonds. The fourth-order valence-electron chi connectivity index (χ4n) is 4.68. The summed E-state index contributed by atoms with van der Waals surface area (Å²) >= 11 is 0. The molecule has 3 aromatic carbocycles. The molecular formula is C28H34N2O. The molecule has 2 unspecified atom stereocenters. The molecule has 0 aromatic heterocycles. The largest absolute Gasteiger partial charge is 0.351 e. The van der Waals surface area contributed by atoms with Crippen molar-refractivity contribution in [2.45, 2.75) is 38.6 Å². The molecule has 162 valence electrons. The van der Waals surface area contributed by atoms with Gasteiger partial charge in [-0.1, -0.05) is 97.9 Å². The van der Waals surface area contributed by atoms with Crippen LogP contribution in [0.25, 0.3) is 0 Å². The van der Waals surface area contributed by atoms with Gasteiger partial charge in [0.25, 0.3) is 0 Å². The minimum Gasteiger partial charge on any atom is -0.351 e. The Morgan fingerprint density at radius 3 is 1.52 bits per heavy atom. The van der Waals surface area contributed by atoms with Crippen molar-refractivity contribution in [1.29, 1.82) is 0 Å². The molecule has 4 rings (SSSR count). The molecule has 0 spiro atoms. The first-order chi connectivity index (χ1) is 15.3. The zero-order valence-corrected chi connectivity index (χ0v) is 18.7. The van der Waals surface area contributed by atoms with Gasteiger partial charge in [-0.05, 0) is 30.0 Å². The second-order valence-corrected chi connectivity index (χ2v) is 8.34. The quantitative estimate of drug-likeness (QED) is 0.456. The van der Waals surface area contributed by atoms with Crippen molar-refractivity contribution in [3.8, 4) is 0 Å². The van der Waals surface area contributed by atoms with Crippen LogP contribution < -0.4 is 0 Å². The van der Waals surface area contributed by atoms with Gasteiger partial charge in [-0.3, -0.25) is 9.80 Å². The second-order valence-electron chi connectivity index (χ2n) is 8.34. The monoisotopic (exact) mass is 414 g/mol. The summed E-state index contributed by atoms with van der Waals surface area (Å²) in [5.74, 6) is 0. The summed E-state index contributed by atoms with van der Waals surface area (Å²) in [4.78, 5) is 5.11. The maximum Gasteiger partial charge on any atom is 0.110 e. The lowest BCUT2D eigenvalue weighted by Gasteiger charge is -2.42. The standard InChI is InChI=1S/C28H34N2O/c1-3-27(24-13-7-4-8-14-24)30-21-19-29(20-22-30)23(2)31-28(25-15-9-5-10-16-25)26-17-11-6-12-18-26/h4-18,23,27-28H,3,19-22H2,1-2H3. The van der Waals surface area contributed by atoms with E-state index in [1.165, 1.54) is 16.7 Å². The van der Waals surface area contributed by atoms with Gasteiger partial charge in [0.05, 0.1) is 0 Å². The highest BCUT2D eigenvalue weighted by Crippen LogP contribution is 2.29. The molecular weight excluding hydrogens is 380 g/mol. The Bertz CT molecular complexity index is 853. The zero-order chi connectivity index (χ0) is 21.5. The van der Waals surface area contributed by atoms with Crippen LogP contribution in [0.5, 0.6) is 0 Å². The van der Waals surface area contributed by atoms with Crippen LogP contribution in [0.15, 0.2) is 91.0 Å². The Hall–Kier alpha value is -2.46. The van der Waals surface area contributed by atoms with E-state index in [1.807, 2.05) is 0 Å². The van der Waals surface area contributed by atoms with E-state index in [9.17, 15) is 0 Å². The number of rotatable bonds is 8. The second kappa shape index (κ2) is 10.7. The molecule has 3 heteroatoms. The molecule has 1 aliphatic rings. The Morgan fingerprint density at radius 2 is 1.06 bits per heavy atom. The van der Waals surface area contributed by atoms with E-state index < -0.39 is 0 Å². The molecule has 0 bridgehead atoms. The summed E-state index contributed by atoms with van der Waals surface area (Å²) in [6.07, 6.45) is 1.15. The number of hydrogen-bond donors (Lipinski definition) is 0. The smallest absolute Gasteiger partial charge is 0.110 e. The van der Waals surface area contributed by atoms with E-state index in [4.69, 9.17) is 4.74 Å². The van der Waals surface area contributed by atoms with Crippen LogP contribution in [0.1, 0.15) is 49.1 Å². The molecule has 3 nitrogen and oxygen atoms in total. The summed E-state index contributed by atoms with van der Waals surface area (Å²) in [6.45, 7) is 8.69. The van der Waals surface area contributed by atoms with Crippen LogP contribution in [0.4, 0.5) is 0 Å². The fraction of sp³-hybridized carbons (Fsp3) is 0.357. The van der Waals surface area contributed by atoms with Gasteiger partial charge in [0.2, 0.25) is 0 Å². The highest BCUT2D eigenvalue weighted by Gasteiger charge is 2.28. The van der Waals surface area contributed by atoms with Crippen LogP contribution in [0.3, 0.4) is 0 Å². The summed E-state index contributed by atoms with van der Waals surface area (Å²) in [5, 5.41) is 0. The van der Waals surface area contributed by atoms with Gasteiger partial charge in [0.15, 0.2) is 0 Å². The molecule has 0 saturated carbocycles. The first-order valence-corrected chi connectivity index (χ1v) is 11.5. The van der Waals surface area contributed by atoms with Gasteiger partial charge in [-0.25, -0.2) is 0 Å². The third-order valence-electron chi connectivity index (χ3n) is 6.41. The number of piperazine rings is 1. The normalized spacial score (nSPS) is 17.5. The van der Waals surface area contributed by atoms with Crippen molar-refractivity contribution in [3.05, 3.63) is 108 Å².